The monoisotopic (exact) mass is 516 g/mol. The van der Waals surface area contributed by atoms with Crippen molar-refractivity contribution >= 4 is 69.0 Å². The number of ether oxygens (including phenoxy) is 1. The predicted molar refractivity (Wildman–Crippen MR) is 135 cm³/mol. The maximum atomic E-state index is 13.8. The minimum atomic E-state index is -0.567. The summed E-state index contributed by atoms with van der Waals surface area (Å²) in [5.74, 6) is -0.738. The van der Waals surface area contributed by atoms with Gasteiger partial charge < -0.3 is 15.4 Å². The molecule has 4 rings (SSSR count). The molecule has 0 aliphatic carbocycles. The van der Waals surface area contributed by atoms with E-state index in [2.05, 4.69) is 10.6 Å². The van der Waals surface area contributed by atoms with Gasteiger partial charge in [-0.15, -0.1) is 0 Å². The molecule has 2 amide bonds. The first kappa shape index (κ1) is 23.8. The van der Waals surface area contributed by atoms with Crippen LogP contribution >= 0.6 is 34.8 Å². The zero-order valence-corrected chi connectivity index (χ0v) is 19.9. The largest absolute Gasteiger partial charge is 0.427 e. The number of carbonyl (C=O) groups excluding carboxylic acids is 2. The lowest BCUT2D eigenvalue weighted by atomic mass is 10.1. The summed E-state index contributed by atoms with van der Waals surface area (Å²) in [6.45, 7) is 1.29. The summed E-state index contributed by atoms with van der Waals surface area (Å²) < 4.78 is 19.0. The summed E-state index contributed by atoms with van der Waals surface area (Å²) in [6, 6.07) is 17.2. The average Bonchev–Trinajstić information content (AvgIpc) is 2.78. The Labute approximate surface area is 209 Å². The molecule has 34 heavy (non-hydrogen) atoms. The van der Waals surface area contributed by atoms with E-state index >= 15 is 0 Å². The number of amides is 2. The van der Waals surface area contributed by atoms with Gasteiger partial charge in [-0.2, -0.15) is 0 Å². The van der Waals surface area contributed by atoms with Crippen molar-refractivity contribution in [3.63, 3.8) is 0 Å². The van der Waals surface area contributed by atoms with Gasteiger partial charge in [-0.05, 0) is 59.7 Å². The highest BCUT2D eigenvalue weighted by molar-refractivity contribution is 6.41. The number of esters is 1. The molecule has 0 aliphatic rings. The number of hydrogen-bond acceptors (Lipinski definition) is 3. The minimum absolute atomic E-state index is 0.0290. The van der Waals surface area contributed by atoms with Gasteiger partial charge in [0.2, 0.25) is 0 Å². The number of fused-ring (bicyclic) bond motifs is 1. The molecule has 4 aromatic carbocycles. The molecule has 0 bridgehead atoms. The highest BCUT2D eigenvalue weighted by Crippen LogP contribution is 2.38. The van der Waals surface area contributed by atoms with Gasteiger partial charge in [0.15, 0.2) is 0 Å². The lowest BCUT2D eigenvalue weighted by molar-refractivity contribution is -0.131. The van der Waals surface area contributed by atoms with E-state index in [9.17, 15) is 14.0 Å². The summed E-state index contributed by atoms with van der Waals surface area (Å²) in [7, 11) is 0. The topological polar surface area (TPSA) is 67.4 Å². The maximum absolute atomic E-state index is 13.8. The van der Waals surface area contributed by atoms with E-state index in [1.807, 2.05) is 0 Å². The first-order valence-electron chi connectivity index (χ1n) is 9.95. The van der Waals surface area contributed by atoms with Gasteiger partial charge in [0.25, 0.3) is 0 Å². The van der Waals surface area contributed by atoms with Gasteiger partial charge in [0, 0.05) is 23.4 Å². The Hall–Kier alpha value is -3.32. The third kappa shape index (κ3) is 5.25. The normalized spacial score (nSPS) is 10.7. The Morgan fingerprint density at radius 1 is 0.794 bits per heavy atom. The van der Waals surface area contributed by atoms with E-state index in [1.165, 1.54) is 25.1 Å². The second kappa shape index (κ2) is 9.89. The molecule has 0 saturated carbocycles. The van der Waals surface area contributed by atoms with Crippen LogP contribution in [-0.2, 0) is 4.79 Å². The molecule has 0 spiro atoms. The smallest absolute Gasteiger partial charge is 0.323 e. The van der Waals surface area contributed by atoms with E-state index in [1.54, 1.807) is 48.5 Å². The number of nitrogens with one attached hydrogen (secondary N) is 2. The maximum Gasteiger partial charge on any atom is 0.323 e. The number of halogens is 4. The molecule has 0 radical (unpaired) electrons. The Bertz CT molecular complexity index is 1440. The van der Waals surface area contributed by atoms with E-state index in [0.29, 0.717) is 38.3 Å². The average molecular weight is 518 g/mol. The van der Waals surface area contributed by atoms with Gasteiger partial charge in [0.05, 0.1) is 20.8 Å². The molecule has 172 valence electrons. The Balaban J connectivity index is 1.61. The first-order valence-corrected chi connectivity index (χ1v) is 11.1. The molecule has 4 aromatic rings. The van der Waals surface area contributed by atoms with Crippen LogP contribution in [0.15, 0.2) is 66.7 Å². The highest BCUT2D eigenvalue weighted by Gasteiger charge is 2.15. The number of carbonyl (C=O) groups is 2. The van der Waals surface area contributed by atoms with Crippen molar-refractivity contribution in [3.05, 3.63) is 87.6 Å². The standard InChI is InChI=1S/C25H16Cl3FN2O3/c1-13(32)34-17-6-7-18-19(11-17)24(22(28)12-21(18)27)31-25(33)30-16-4-2-3-14(9-16)15-5-8-20(26)23(29)10-15/h2-12H,1H3,(H2,30,31,33). The quantitative estimate of drug-likeness (QED) is 0.212. The third-order valence-electron chi connectivity index (χ3n) is 4.88. The summed E-state index contributed by atoms with van der Waals surface area (Å²) in [5.41, 5.74) is 2.06. The highest BCUT2D eigenvalue weighted by atomic mass is 35.5. The van der Waals surface area contributed by atoms with Crippen LogP contribution in [0.2, 0.25) is 15.1 Å². The van der Waals surface area contributed by atoms with Gasteiger partial charge in [-0.25, -0.2) is 9.18 Å². The van der Waals surface area contributed by atoms with Crippen LogP contribution in [0.3, 0.4) is 0 Å². The first-order chi connectivity index (χ1) is 16.2. The van der Waals surface area contributed by atoms with Crippen molar-refractivity contribution in [2.24, 2.45) is 0 Å². The van der Waals surface area contributed by atoms with Crippen LogP contribution in [0.25, 0.3) is 21.9 Å². The summed E-state index contributed by atoms with van der Waals surface area (Å²) in [6.07, 6.45) is 0. The predicted octanol–water partition coefficient (Wildman–Crippen LogP) is 8.18. The second-order valence-corrected chi connectivity index (χ2v) is 8.53. The summed E-state index contributed by atoms with van der Waals surface area (Å²) in [5, 5.41) is 7.19. The number of urea groups is 1. The zero-order chi connectivity index (χ0) is 24.4. The molecule has 9 heteroatoms. The van der Waals surface area contributed by atoms with Crippen molar-refractivity contribution in [1.82, 2.24) is 0 Å². The fraction of sp³-hybridized carbons (Fsp3) is 0.0400. The number of benzene rings is 4. The van der Waals surface area contributed by atoms with Gasteiger partial charge in [-0.3, -0.25) is 4.79 Å². The van der Waals surface area contributed by atoms with Crippen LogP contribution in [0.4, 0.5) is 20.6 Å². The van der Waals surface area contributed by atoms with Gasteiger partial charge >= 0.3 is 12.0 Å². The molecule has 0 fully saturated rings. The van der Waals surface area contributed by atoms with Gasteiger partial charge in [0.1, 0.15) is 11.6 Å². The van der Waals surface area contributed by atoms with Crippen LogP contribution in [0.5, 0.6) is 5.75 Å². The zero-order valence-electron chi connectivity index (χ0n) is 17.6. The molecule has 0 aromatic heterocycles. The van der Waals surface area contributed by atoms with Crippen molar-refractivity contribution in [3.8, 4) is 16.9 Å². The van der Waals surface area contributed by atoms with E-state index in [0.717, 1.165) is 0 Å². The van der Waals surface area contributed by atoms with E-state index < -0.39 is 17.8 Å². The lowest BCUT2D eigenvalue weighted by Crippen LogP contribution is -2.20. The molecule has 0 atom stereocenters. The molecule has 5 nitrogen and oxygen atoms in total. The van der Waals surface area contributed by atoms with Crippen LogP contribution in [0, 0.1) is 5.82 Å². The van der Waals surface area contributed by atoms with Crippen molar-refractivity contribution in [2.45, 2.75) is 6.92 Å². The molecule has 2 N–H and O–H groups in total. The number of rotatable bonds is 4. The molecule has 0 saturated heterocycles. The molecular weight excluding hydrogens is 502 g/mol. The van der Waals surface area contributed by atoms with Crippen LogP contribution < -0.4 is 15.4 Å². The van der Waals surface area contributed by atoms with E-state index in [-0.39, 0.29) is 15.8 Å². The van der Waals surface area contributed by atoms with E-state index in [4.69, 9.17) is 39.5 Å². The van der Waals surface area contributed by atoms with Crippen LogP contribution in [-0.4, -0.2) is 12.0 Å². The fourth-order valence-corrected chi connectivity index (χ4v) is 4.12. The number of anilines is 2. The summed E-state index contributed by atoms with van der Waals surface area (Å²) in [4.78, 5) is 24.1. The minimum Gasteiger partial charge on any atom is -0.427 e. The Morgan fingerprint density at radius 3 is 2.29 bits per heavy atom. The van der Waals surface area contributed by atoms with Crippen LogP contribution in [0.1, 0.15) is 6.92 Å². The second-order valence-electron chi connectivity index (χ2n) is 7.31. The lowest BCUT2D eigenvalue weighted by Gasteiger charge is -2.14. The molecule has 0 heterocycles. The third-order valence-corrected chi connectivity index (χ3v) is 5.80. The fourth-order valence-electron chi connectivity index (χ4n) is 3.41. The van der Waals surface area contributed by atoms with Crippen molar-refractivity contribution in [1.29, 1.82) is 0 Å². The molecular formula is C25H16Cl3FN2O3. The molecule has 0 aliphatic heterocycles. The SMILES string of the molecule is CC(=O)Oc1ccc2c(Cl)cc(Cl)c(NC(=O)Nc3cccc(-c4ccc(Cl)c(F)c4)c3)c2c1. The van der Waals surface area contributed by atoms with Crippen molar-refractivity contribution < 1.29 is 18.7 Å². The summed E-state index contributed by atoms with van der Waals surface area (Å²) >= 11 is 18.4. The Kier molecular flexibility index (Phi) is 6.93. The van der Waals surface area contributed by atoms with Gasteiger partial charge in [-0.1, -0.05) is 53.0 Å². The van der Waals surface area contributed by atoms with Crippen molar-refractivity contribution in [2.75, 3.05) is 10.6 Å². The Morgan fingerprint density at radius 2 is 1.56 bits per heavy atom. The molecule has 0 unspecified atom stereocenters. The number of hydrogen-bond donors (Lipinski definition) is 2.